The third kappa shape index (κ3) is 2.95. The lowest BCUT2D eigenvalue weighted by atomic mass is 9.68. The normalized spacial score (nSPS) is 44.1. The Bertz CT molecular complexity index is 458. The van der Waals surface area contributed by atoms with Crippen molar-refractivity contribution >= 4 is 0 Å². The molecule has 7 unspecified atom stereocenters. The lowest BCUT2D eigenvalue weighted by molar-refractivity contribution is 0.127. The first-order valence-corrected chi connectivity index (χ1v) is 9.49. The molecule has 3 rings (SSSR count). The summed E-state index contributed by atoms with van der Waals surface area (Å²) >= 11 is 0. The molecule has 3 aliphatic rings. The maximum atomic E-state index is 9.53. The minimum atomic E-state index is 0.377. The van der Waals surface area contributed by atoms with E-state index in [0.29, 0.717) is 16.7 Å². The molecule has 3 fully saturated rings. The Morgan fingerprint density at radius 3 is 1.86 bits per heavy atom. The molecule has 0 saturated heterocycles. The van der Waals surface area contributed by atoms with E-state index in [1.807, 2.05) is 0 Å². The van der Waals surface area contributed by atoms with Crippen LogP contribution in [0.3, 0.4) is 0 Å². The van der Waals surface area contributed by atoms with Crippen LogP contribution in [0.15, 0.2) is 0 Å². The van der Waals surface area contributed by atoms with Crippen molar-refractivity contribution in [2.45, 2.75) is 73.6 Å². The SMILES string of the molecule is CC(C)(C)CC1CC(CC(C)(C)C)C2C3CC(CC3C#N)C12. The van der Waals surface area contributed by atoms with Crippen LogP contribution in [0.4, 0.5) is 0 Å². The highest BCUT2D eigenvalue weighted by atomic mass is 14.6. The molecule has 1 heteroatoms. The van der Waals surface area contributed by atoms with E-state index in [9.17, 15) is 5.26 Å². The molecule has 0 aliphatic heterocycles. The average molecular weight is 302 g/mol. The van der Waals surface area contributed by atoms with Gasteiger partial charge in [-0.3, -0.25) is 0 Å². The highest BCUT2D eigenvalue weighted by molar-refractivity contribution is 5.12. The van der Waals surface area contributed by atoms with Gasteiger partial charge in [-0.05, 0) is 78.4 Å². The number of hydrogen-bond donors (Lipinski definition) is 0. The molecule has 124 valence electrons. The van der Waals surface area contributed by atoms with Gasteiger partial charge in [0.2, 0.25) is 0 Å². The zero-order chi connectivity index (χ0) is 16.3. The molecule has 22 heavy (non-hydrogen) atoms. The van der Waals surface area contributed by atoms with Crippen molar-refractivity contribution in [3.05, 3.63) is 0 Å². The Kier molecular flexibility index (Phi) is 3.90. The molecule has 0 radical (unpaired) electrons. The highest BCUT2D eigenvalue weighted by Gasteiger charge is 2.60. The first-order valence-electron chi connectivity index (χ1n) is 9.49. The Balaban J connectivity index is 1.83. The molecule has 2 bridgehead atoms. The second-order valence-corrected chi connectivity index (χ2v) is 11.1. The van der Waals surface area contributed by atoms with E-state index in [1.165, 1.54) is 32.1 Å². The zero-order valence-corrected chi connectivity index (χ0v) is 15.5. The van der Waals surface area contributed by atoms with Crippen LogP contribution in [0.1, 0.15) is 73.6 Å². The largest absolute Gasteiger partial charge is 0.198 e. The van der Waals surface area contributed by atoms with Crippen LogP contribution < -0.4 is 0 Å². The molecule has 0 aromatic rings. The quantitative estimate of drug-likeness (QED) is 0.622. The first-order chi connectivity index (χ1) is 10.1. The Hall–Kier alpha value is -0.510. The first kappa shape index (κ1) is 16.4. The molecule has 3 saturated carbocycles. The molecular formula is C21H35N. The third-order valence-corrected chi connectivity index (χ3v) is 6.74. The van der Waals surface area contributed by atoms with Crippen molar-refractivity contribution < 1.29 is 0 Å². The summed E-state index contributed by atoms with van der Waals surface area (Å²) in [5.41, 5.74) is 0.873. The maximum Gasteiger partial charge on any atom is 0.0658 e. The number of rotatable bonds is 2. The summed E-state index contributed by atoms with van der Waals surface area (Å²) in [6, 6.07) is 2.65. The van der Waals surface area contributed by atoms with Crippen LogP contribution in [0.5, 0.6) is 0 Å². The molecule has 0 aromatic heterocycles. The second kappa shape index (κ2) is 5.25. The van der Waals surface area contributed by atoms with Gasteiger partial charge in [0.25, 0.3) is 0 Å². The lowest BCUT2D eigenvalue weighted by Crippen LogP contribution is -2.31. The predicted octanol–water partition coefficient (Wildman–Crippen LogP) is 5.91. The van der Waals surface area contributed by atoms with Gasteiger partial charge < -0.3 is 0 Å². The summed E-state index contributed by atoms with van der Waals surface area (Å²) < 4.78 is 0. The molecule has 0 aromatic carbocycles. The minimum Gasteiger partial charge on any atom is -0.198 e. The van der Waals surface area contributed by atoms with Gasteiger partial charge in [-0.2, -0.15) is 5.26 Å². The van der Waals surface area contributed by atoms with Crippen LogP contribution in [0.2, 0.25) is 0 Å². The molecule has 1 nitrogen and oxygen atoms in total. The van der Waals surface area contributed by atoms with E-state index in [-0.39, 0.29) is 0 Å². The Labute approximate surface area is 137 Å². The number of fused-ring (bicyclic) bond motifs is 5. The van der Waals surface area contributed by atoms with Crippen LogP contribution in [-0.4, -0.2) is 0 Å². The fraction of sp³-hybridized carbons (Fsp3) is 0.952. The van der Waals surface area contributed by atoms with Crippen molar-refractivity contribution in [2.24, 2.45) is 52.3 Å². The molecule has 0 spiro atoms. The van der Waals surface area contributed by atoms with E-state index in [2.05, 4.69) is 47.6 Å². The molecule has 0 amide bonds. The zero-order valence-electron chi connectivity index (χ0n) is 15.5. The fourth-order valence-corrected chi connectivity index (χ4v) is 6.68. The van der Waals surface area contributed by atoms with Crippen molar-refractivity contribution in [3.8, 4) is 6.07 Å². The van der Waals surface area contributed by atoms with Crippen LogP contribution in [0.25, 0.3) is 0 Å². The van der Waals surface area contributed by atoms with Crippen molar-refractivity contribution in [1.82, 2.24) is 0 Å². The molecule has 0 heterocycles. The van der Waals surface area contributed by atoms with Crippen LogP contribution in [-0.2, 0) is 0 Å². The molecule has 0 N–H and O–H groups in total. The lowest BCUT2D eigenvalue weighted by Gasteiger charge is -2.36. The van der Waals surface area contributed by atoms with Crippen molar-refractivity contribution in [1.29, 1.82) is 5.26 Å². The third-order valence-electron chi connectivity index (χ3n) is 6.74. The van der Waals surface area contributed by atoms with E-state index in [4.69, 9.17) is 0 Å². The average Bonchev–Trinajstić information content (AvgIpc) is 2.97. The Morgan fingerprint density at radius 1 is 0.818 bits per heavy atom. The minimum absolute atomic E-state index is 0.377. The summed E-state index contributed by atoms with van der Waals surface area (Å²) in [5, 5.41) is 9.53. The van der Waals surface area contributed by atoms with E-state index >= 15 is 0 Å². The van der Waals surface area contributed by atoms with E-state index < -0.39 is 0 Å². The smallest absolute Gasteiger partial charge is 0.0658 e. The number of hydrogen-bond acceptors (Lipinski definition) is 1. The van der Waals surface area contributed by atoms with Gasteiger partial charge in [0.1, 0.15) is 0 Å². The monoisotopic (exact) mass is 301 g/mol. The van der Waals surface area contributed by atoms with Gasteiger partial charge in [0, 0.05) is 5.92 Å². The van der Waals surface area contributed by atoms with E-state index in [1.54, 1.807) is 0 Å². The number of nitriles is 1. The van der Waals surface area contributed by atoms with Gasteiger partial charge in [0.05, 0.1) is 6.07 Å². The van der Waals surface area contributed by atoms with Crippen LogP contribution in [0, 0.1) is 63.6 Å². The summed E-state index contributed by atoms with van der Waals surface area (Å²) in [7, 11) is 0. The predicted molar refractivity (Wildman–Crippen MR) is 92.0 cm³/mol. The van der Waals surface area contributed by atoms with Gasteiger partial charge in [-0.1, -0.05) is 41.5 Å². The molecule has 3 aliphatic carbocycles. The summed E-state index contributed by atoms with van der Waals surface area (Å²) in [6.45, 7) is 14.4. The van der Waals surface area contributed by atoms with Crippen LogP contribution >= 0.6 is 0 Å². The van der Waals surface area contributed by atoms with Gasteiger partial charge in [-0.25, -0.2) is 0 Å². The summed E-state index contributed by atoms with van der Waals surface area (Å²) in [6.07, 6.45) is 6.76. The van der Waals surface area contributed by atoms with Gasteiger partial charge in [0.15, 0.2) is 0 Å². The van der Waals surface area contributed by atoms with Gasteiger partial charge >= 0.3 is 0 Å². The maximum absolute atomic E-state index is 9.53. The fourth-order valence-electron chi connectivity index (χ4n) is 6.68. The number of nitrogens with zero attached hydrogens (tertiary/aromatic N) is 1. The molecular weight excluding hydrogens is 266 g/mol. The van der Waals surface area contributed by atoms with Crippen molar-refractivity contribution in [2.75, 3.05) is 0 Å². The standard InChI is InChI=1S/C21H35N/c1-20(2,3)10-14-8-15(11-21(4,5)6)19-17-9-13(18(14)19)7-16(17)12-22/h13-19H,7-11H2,1-6H3. The topological polar surface area (TPSA) is 23.8 Å². The van der Waals surface area contributed by atoms with Crippen molar-refractivity contribution in [3.63, 3.8) is 0 Å². The Morgan fingerprint density at radius 2 is 1.36 bits per heavy atom. The second-order valence-electron chi connectivity index (χ2n) is 11.1. The van der Waals surface area contributed by atoms with E-state index in [0.717, 1.165) is 35.5 Å². The summed E-state index contributed by atoms with van der Waals surface area (Å²) in [5.74, 6) is 5.60. The van der Waals surface area contributed by atoms with Gasteiger partial charge in [-0.15, -0.1) is 0 Å². The highest BCUT2D eigenvalue weighted by Crippen LogP contribution is 2.66. The summed E-state index contributed by atoms with van der Waals surface area (Å²) in [4.78, 5) is 0. The molecule has 7 atom stereocenters.